The molecule has 0 saturated heterocycles. The second-order valence-corrected chi connectivity index (χ2v) is 7.38. The average Bonchev–Trinajstić information content (AvgIpc) is 2.71. The number of rotatable bonds is 4. The van der Waals surface area contributed by atoms with Crippen molar-refractivity contribution in [2.45, 2.75) is 20.5 Å². The fourth-order valence-corrected chi connectivity index (χ4v) is 3.22. The minimum Gasteiger partial charge on any atom is -0.481 e. The molecule has 5 heteroatoms. The van der Waals surface area contributed by atoms with Gasteiger partial charge in [0.05, 0.1) is 5.39 Å². The molecule has 1 heterocycles. The Bertz CT molecular complexity index is 1240. The Balaban J connectivity index is 1.86. The van der Waals surface area contributed by atoms with Crippen molar-refractivity contribution < 1.29 is 13.5 Å². The van der Waals surface area contributed by atoms with Gasteiger partial charge in [-0.05, 0) is 49.2 Å². The summed E-state index contributed by atoms with van der Waals surface area (Å²) in [6, 6.07) is 16.9. The van der Waals surface area contributed by atoms with Gasteiger partial charge in [-0.2, -0.15) is 0 Å². The van der Waals surface area contributed by atoms with Crippen LogP contribution in [0.25, 0.3) is 22.3 Å². The number of benzene rings is 3. The van der Waals surface area contributed by atoms with Gasteiger partial charge >= 0.3 is 0 Å². The van der Waals surface area contributed by atoms with E-state index in [0.717, 1.165) is 22.3 Å². The Morgan fingerprint density at radius 3 is 2.38 bits per heavy atom. The van der Waals surface area contributed by atoms with Crippen LogP contribution in [-0.2, 0) is 6.61 Å². The Hall–Kier alpha value is -3.11. The van der Waals surface area contributed by atoms with Crippen LogP contribution in [-0.4, -0.2) is 0 Å². The van der Waals surface area contributed by atoms with Crippen LogP contribution in [0.15, 0.2) is 69.9 Å². The van der Waals surface area contributed by atoms with Gasteiger partial charge in [0.15, 0.2) is 5.76 Å². The molecular formula is C24H18ClFO3. The van der Waals surface area contributed by atoms with E-state index < -0.39 is 0 Å². The van der Waals surface area contributed by atoms with E-state index in [1.807, 2.05) is 38.1 Å². The number of ether oxygens (including phenoxy) is 1. The number of aryl methyl sites for hydroxylation is 2. The molecule has 0 aliphatic rings. The largest absolute Gasteiger partial charge is 0.481 e. The highest BCUT2D eigenvalue weighted by atomic mass is 35.5. The van der Waals surface area contributed by atoms with E-state index >= 15 is 0 Å². The molecule has 0 spiro atoms. The van der Waals surface area contributed by atoms with Crippen molar-refractivity contribution in [3.63, 3.8) is 0 Å². The first kappa shape index (κ1) is 19.2. The summed E-state index contributed by atoms with van der Waals surface area (Å²) in [5, 5.41) is 0.836. The van der Waals surface area contributed by atoms with Gasteiger partial charge in [0.2, 0.25) is 11.2 Å². The fraction of sp³-hybridized carbons (Fsp3) is 0.125. The molecule has 0 atom stereocenters. The monoisotopic (exact) mass is 408 g/mol. The lowest BCUT2D eigenvalue weighted by molar-refractivity contribution is 0.297. The molecule has 29 heavy (non-hydrogen) atoms. The van der Waals surface area contributed by atoms with Gasteiger partial charge in [0.1, 0.15) is 18.0 Å². The summed E-state index contributed by atoms with van der Waals surface area (Å²) in [5.41, 5.74) is 3.52. The zero-order chi connectivity index (χ0) is 20.5. The van der Waals surface area contributed by atoms with Crippen molar-refractivity contribution in [2.24, 2.45) is 0 Å². The Morgan fingerprint density at radius 1 is 1.00 bits per heavy atom. The van der Waals surface area contributed by atoms with E-state index in [1.54, 1.807) is 24.3 Å². The van der Waals surface area contributed by atoms with Crippen molar-refractivity contribution in [1.82, 2.24) is 0 Å². The van der Waals surface area contributed by atoms with Gasteiger partial charge in [-0.25, -0.2) is 4.39 Å². The molecule has 0 bridgehead atoms. The fourth-order valence-electron chi connectivity index (χ4n) is 3.06. The van der Waals surface area contributed by atoms with Crippen molar-refractivity contribution in [1.29, 1.82) is 0 Å². The van der Waals surface area contributed by atoms with Gasteiger partial charge in [0, 0.05) is 10.6 Å². The molecule has 0 N–H and O–H groups in total. The molecule has 4 rings (SSSR count). The van der Waals surface area contributed by atoms with Crippen LogP contribution in [0.3, 0.4) is 0 Å². The molecule has 3 aromatic carbocycles. The standard InChI is InChI=1S/C24H18ClFO3/c1-14-3-7-17(8-4-14)23-24(28-13-16-5-9-18(26)10-6-16)22(27)19-12-20(25)15(2)11-21(19)29-23/h3-12H,13H2,1-2H3. The molecule has 0 unspecified atom stereocenters. The zero-order valence-electron chi connectivity index (χ0n) is 16.0. The summed E-state index contributed by atoms with van der Waals surface area (Å²) in [6.45, 7) is 3.94. The molecule has 0 radical (unpaired) electrons. The normalized spacial score (nSPS) is 11.0. The van der Waals surface area contributed by atoms with Crippen LogP contribution < -0.4 is 10.2 Å². The first-order valence-electron chi connectivity index (χ1n) is 9.13. The van der Waals surface area contributed by atoms with Crippen LogP contribution in [0.2, 0.25) is 5.02 Å². The molecular weight excluding hydrogens is 391 g/mol. The lowest BCUT2D eigenvalue weighted by Crippen LogP contribution is -2.10. The summed E-state index contributed by atoms with van der Waals surface area (Å²) in [7, 11) is 0. The van der Waals surface area contributed by atoms with Crippen molar-refractivity contribution in [2.75, 3.05) is 0 Å². The van der Waals surface area contributed by atoms with Crippen LogP contribution in [0.1, 0.15) is 16.7 Å². The van der Waals surface area contributed by atoms with E-state index in [4.69, 9.17) is 20.8 Å². The highest BCUT2D eigenvalue weighted by Crippen LogP contribution is 2.33. The van der Waals surface area contributed by atoms with Crippen LogP contribution in [0.5, 0.6) is 5.75 Å². The summed E-state index contributed by atoms with van der Waals surface area (Å²) >= 11 is 6.22. The second-order valence-electron chi connectivity index (χ2n) is 6.97. The SMILES string of the molecule is Cc1ccc(-c2oc3cc(C)c(Cl)cc3c(=O)c2OCc2ccc(F)cc2)cc1. The van der Waals surface area contributed by atoms with Gasteiger partial charge in [-0.3, -0.25) is 4.79 Å². The van der Waals surface area contributed by atoms with E-state index in [2.05, 4.69) is 0 Å². The number of fused-ring (bicyclic) bond motifs is 1. The van der Waals surface area contributed by atoms with E-state index in [9.17, 15) is 9.18 Å². The van der Waals surface area contributed by atoms with E-state index in [0.29, 0.717) is 21.8 Å². The van der Waals surface area contributed by atoms with Crippen LogP contribution in [0.4, 0.5) is 4.39 Å². The Morgan fingerprint density at radius 2 is 1.69 bits per heavy atom. The summed E-state index contributed by atoms with van der Waals surface area (Å²) in [6.07, 6.45) is 0. The third-order valence-electron chi connectivity index (χ3n) is 4.74. The minimum atomic E-state index is -0.329. The molecule has 146 valence electrons. The maximum absolute atomic E-state index is 13.2. The summed E-state index contributed by atoms with van der Waals surface area (Å²) in [4.78, 5) is 13.2. The lowest BCUT2D eigenvalue weighted by Gasteiger charge is -2.13. The average molecular weight is 409 g/mol. The highest BCUT2D eigenvalue weighted by molar-refractivity contribution is 6.32. The maximum atomic E-state index is 13.2. The topological polar surface area (TPSA) is 39.4 Å². The van der Waals surface area contributed by atoms with E-state index in [1.165, 1.54) is 12.1 Å². The maximum Gasteiger partial charge on any atom is 0.235 e. The number of halogens is 2. The Labute approximate surface area is 172 Å². The van der Waals surface area contributed by atoms with Crippen LogP contribution in [0, 0.1) is 19.7 Å². The van der Waals surface area contributed by atoms with Crippen molar-refractivity contribution in [3.05, 3.63) is 98.4 Å². The molecule has 0 fully saturated rings. The smallest absolute Gasteiger partial charge is 0.235 e. The van der Waals surface area contributed by atoms with E-state index in [-0.39, 0.29) is 23.6 Å². The molecule has 1 aromatic heterocycles. The first-order valence-corrected chi connectivity index (χ1v) is 9.51. The predicted molar refractivity (Wildman–Crippen MR) is 113 cm³/mol. The quantitative estimate of drug-likeness (QED) is 0.389. The Kier molecular flexibility index (Phi) is 5.12. The lowest BCUT2D eigenvalue weighted by atomic mass is 10.1. The molecule has 0 saturated carbocycles. The second kappa shape index (κ2) is 7.72. The molecule has 3 nitrogen and oxygen atoms in total. The van der Waals surface area contributed by atoms with Gasteiger partial charge in [-0.1, -0.05) is 53.6 Å². The minimum absolute atomic E-state index is 0.102. The first-order chi connectivity index (χ1) is 13.9. The molecule has 0 amide bonds. The highest BCUT2D eigenvalue weighted by Gasteiger charge is 2.19. The van der Waals surface area contributed by atoms with Crippen molar-refractivity contribution >= 4 is 22.6 Å². The number of hydrogen-bond acceptors (Lipinski definition) is 3. The number of hydrogen-bond donors (Lipinski definition) is 0. The van der Waals surface area contributed by atoms with Gasteiger partial charge in [0.25, 0.3) is 0 Å². The van der Waals surface area contributed by atoms with Gasteiger partial charge in [-0.15, -0.1) is 0 Å². The summed E-state index contributed by atoms with van der Waals surface area (Å²) in [5.74, 6) is 0.126. The third kappa shape index (κ3) is 3.89. The third-order valence-corrected chi connectivity index (χ3v) is 5.15. The summed E-state index contributed by atoms with van der Waals surface area (Å²) < 4.78 is 25.1. The van der Waals surface area contributed by atoms with Crippen LogP contribution >= 0.6 is 11.6 Å². The molecule has 4 aromatic rings. The predicted octanol–water partition coefficient (Wildman–Crippen LogP) is 6.45. The molecule has 0 aliphatic carbocycles. The van der Waals surface area contributed by atoms with Gasteiger partial charge < -0.3 is 9.15 Å². The van der Waals surface area contributed by atoms with Crippen molar-refractivity contribution in [3.8, 4) is 17.1 Å². The zero-order valence-corrected chi connectivity index (χ0v) is 16.7. The molecule has 0 aliphatic heterocycles.